The highest BCUT2D eigenvalue weighted by Crippen LogP contribution is 2.54. The molecule has 0 aliphatic heterocycles. The predicted molar refractivity (Wildman–Crippen MR) is 48.9 cm³/mol. The second-order valence-corrected chi connectivity index (χ2v) is 4.10. The number of hydrogen-bond donors (Lipinski definition) is 1. The Labute approximate surface area is 81.4 Å². The van der Waals surface area contributed by atoms with Crippen molar-refractivity contribution in [3.63, 3.8) is 0 Å². The fourth-order valence-corrected chi connectivity index (χ4v) is 1.99. The molecule has 0 spiro atoms. The molecule has 0 aromatic heterocycles. The van der Waals surface area contributed by atoms with Gasteiger partial charge in [-0.25, -0.2) is 8.78 Å². The van der Waals surface area contributed by atoms with Gasteiger partial charge in [-0.2, -0.15) is 0 Å². The van der Waals surface area contributed by atoms with E-state index < -0.39 is 11.6 Å². The van der Waals surface area contributed by atoms with E-state index in [4.69, 9.17) is 5.11 Å². The van der Waals surface area contributed by atoms with Crippen LogP contribution in [0.15, 0.2) is 18.2 Å². The van der Waals surface area contributed by atoms with Crippen molar-refractivity contribution >= 4 is 0 Å². The van der Waals surface area contributed by atoms with Gasteiger partial charge >= 0.3 is 0 Å². The van der Waals surface area contributed by atoms with Crippen LogP contribution < -0.4 is 0 Å². The highest BCUT2D eigenvalue weighted by Gasteiger charge is 2.52. The van der Waals surface area contributed by atoms with Gasteiger partial charge in [-0.15, -0.1) is 0 Å². The Hall–Kier alpha value is -0.960. The van der Waals surface area contributed by atoms with E-state index in [2.05, 4.69) is 0 Å². The molecule has 2 atom stereocenters. The van der Waals surface area contributed by atoms with Crippen LogP contribution in [0.3, 0.4) is 0 Å². The first-order valence-electron chi connectivity index (χ1n) is 4.65. The van der Waals surface area contributed by atoms with Gasteiger partial charge in [-0.3, -0.25) is 0 Å². The Balaban J connectivity index is 2.39. The van der Waals surface area contributed by atoms with Crippen molar-refractivity contribution in [3.8, 4) is 0 Å². The van der Waals surface area contributed by atoms with Crippen LogP contribution in [-0.4, -0.2) is 11.7 Å². The molecule has 1 aliphatic carbocycles. The molecule has 1 N–H and O–H groups in total. The Morgan fingerprint density at radius 2 is 2.21 bits per heavy atom. The van der Waals surface area contributed by atoms with E-state index in [1.807, 2.05) is 6.92 Å². The standard InChI is InChI=1S/C11H12F2O/c1-11(5-7(11)6-14)8-3-2-4-9(12)10(8)13/h2-4,7,14H,5-6H2,1H3. The highest BCUT2D eigenvalue weighted by molar-refractivity contribution is 5.34. The fourth-order valence-electron chi connectivity index (χ4n) is 1.99. The van der Waals surface area contributed by atoms with Crippen molar-refractivity contribution in [1.82, 2.24) is 0 Å². The summed E-state index contributed by atoms with van der Waals surface area (Å²) in [6.45, 7) is 1.89. The van der Waals surface area contributed by atoms with Crippen LogP contribution in [-0.2, 0) is 5.41 Å². The minimum Gasteiger partial charge on any atom is -0.396 e. The lowest BCUT2D eigenvalue weighted by Crippen LogP contribution is -2.10. The SMILES string of the molecule is CC1(c2cccc(F)c2F)CC1CO. The molecule has 1 aliphatic rings. The summed E-state index contributed by atoms with van der Waals surface area (Å²) in [5, 5.41) is 8.95. The number of rotatable bonds is 2. The first-order chi connectivity index (χ1) is 6.59. The molecule has 76 valence electrons. The van der Waals surface area contributed by atoms with Gasteiger partial charge in [0, 0.05) is 12.0 Å². The molecule has 0 heterocycles. The molecular weight excluding hydrogens is 186 g/mol. The molecule has 3 heteroatoms. The molecule has 0 amide bonds. The first kappa shape index (κ1) is 9.59. The van der Waals surface area contributed by atoms with Crippen LogP contribution in [0.2, 0.25) is 0 Å². The largest absolute Gasteiger partial charge is 0.396 e. The molecule has 1 nitrogen and oxygen atoms in total. The molecule has 1 fully saturated rings. The average molecular weight is 198 g/mol. The van der Waals surface area contributed by atoms with Crippen molar-refractivity contribution < 1.29 is 13.9 Å². The highest BCUT2D eigenvalue weighted by atomic mass is 19.2. The van der Waals surface area contributed by atoms with Crippen LogP contribution in [0.5, 0.6) is 0 Å². The minimum atomic E-state index is -0.813. The fraction of sp³-hybridized carbons (Fsp3) is 0.455. The maximum absolute atomic E-state index is 13.4. The molecule has 0 radical (unpaired) electrons. The van der Waals surface area contributed by atoms with E-state index in [0.717, 1.165) is 12.5 Å². The summed E-state index contributed by atoms with van der Waals surface area (Å²) in [5.74, 6) is -1.52. The van der Waals surface area contributed by atoms with Gasteiger partial charge in [0.25, 0.3) is 0 Å². The third-order valence-electron chi connectivity index (χ3n) is 3.20. The minimum absolute atomic E-state index is 0.0342. The van der Waals surface area contributed by atoms with E-state index in [0.29, 0.717) is 5.56 Å². The Bertz CT molecular complexity index is 364. The summed E-state index contributed by atoms with van der Waals surface area (Å²) in [4.78, 5) is 0. The summed E-state index contributed by atoms with van der Waals surface area (Å²) >= 11 is 0. The lowest BCUT2D eigenvalue weighted by atomic mass is 9.95. The van der Waals surface area contributed by atoms with Gasteiger partial charge in [0.1, 0.15) is 0 Å². The zero-order chi connectivity index (χ0) is 10.3. The van der Waals surface area contributed by atoms with Gasteiger partial charge in [0.05, 0.1) is 0 Å². The van der Waals surface area contributed by atoms with E-state index in [1.54, 1.807) is 6.07 Å². The average Bonchev–Trinajstić information content (AvgIpc) is 2.83. The van der Waals surface area contributed by atoms with Gasteiger partial charge in [-0.05, 0) is 24.0 Å². The van der Waals surface area contributed by atoms with Crippen LogP contribution >= 0.6 is 0 Å². The monoisotopic (exact) mass is 198 g/mol. The Morgan fingerprint density at radius 1 is 1.50 bits per heavy atom. The van der Waals surface area contributed by atoms with E-state index in [9.17, 15) is 8.78 Å². The van der Waals surface area contributed by atoms with Crippen molar-refractivity contribution in [2.75, 3.05) is 6.61 Å². The number of aliphatic hydroxyl groups is 1. The maximum atomic E-state index is 13.4. The predicted octanol–water partition coefficient (Wildman–Crippen LogP) is 2.23. The van der Waals surface area contributed by atoms with Crippen LogP contribution in [0.1, 0.15) is 18.9 Å². The van der Waals surface area contributed by atoms with Gasteiger partial charge in [0.15, 0.2) is 11.6 Å². The van der Waals surface area contributed by atoms with Gasteiger partial charge < -0.3 is 5.11 Å². The third kappa shape index (κ3) is 1.23. The lowest BCUT2D eigenvalue weighted by molar-refractivity contribution is 0.264. The topological polar surface area (TPSA) is 20.2 Å². The third-order valence-corrected chi connectivity index (χ3v) is 3.20. The molecule has 2 unspecified atom stereocenters. The first-order valence-corrected chi connectivity index (χ1v) is 4.65. The van der Waals surface area contributed by atoms with Crippen molar-refractivity contribution in [2.24, 2.45) is 5.92 Å². The molecular formula is C11H12F2O. The summed E-state index contributed by atoms with van der Waals surface area (Å²) in [6.07, 6.45) is 0.726. The van der Waals surface area contributed by atoms with Crippen LogP contribution in [0, 0.1) is 17.6 Å². The lowest BCUT2D eigenvalue weighted by Gasteiger charge is -2.12. The summed E-state index contributed by atoms with van der Waals surface area (Å²) in [5.41, 5.74) is 0.0116. The maximum Gasteiger partial charge on any atom is 0.162 e. The zero-order valence-corrected chi connectivity index (χ0v) is 7.93. The van der Waals surface area contributed by atoms with Gasteiger partial charge in [0.2, 0.25) is 0 Å². The number of benzene rings is 1. The normalized spacial score (nSPS) is 30.4. The second-order valence-electron chi connectivity index (χ2n) is 4.10. The van der Waals surface area contributed by atoms with E-state index in [-0.39, 0.29) is 17.9 Å². The molecule has 0 saturated heterocycles. The second kappa shape index (κ2) is 3.02. The number of halogens is 2. The van der Waals surface area contributed by atoms with Crippen molar-refractivity contribution in [3.05, 3.63) is 35.4 Å². The van der Waals surface area contributed by atoms with Crippen LogP contribution in [0.25, 0.3) is 0 Å². The van der Waals surface area contributed by atoms with E-state index >= 15 is 0 Å². The molecule has 1 aromatic rings. The molecule has 1 aromatic carbocycles. The Morgan fingerprint density at radius 3 is 2.79 bits per heavy atom. The zero-order valence-electron chi connectivity index (χ0n) is 7.93. The summed E-state index contributed by atoms with van der Waals surface area (Å²) in [6, 6.07) is 4.21. The van der Waals surface area contributed by atoms with Crippen molar-refractivity contribution in [1.29, 1.82) is 0 Å². The smallest absolute Gasteiger partial charge is 0.162 e. The molecule has 0 bridgehead atoms. The van der Waals surface area contributed by atoms with Gasteiger partial charge in [-0.1, -0.05) is 19.1 Å². The molecule has 2 rings (SSSR count). The van der Waals surface area contributed by atoms with Crippen molar-refractivity contribution in [2.45, 2.75) is 18.8 Å². The molecule has 1 saturated carbocycles. The van der Waals surface area contributed by atoms with E-state index in [1.165, 1.54) is 6.07 Å². The Kier molecular flexibility index (Phi) is 2.07. The number of hydrogen-bond acceptors (Lipinski definition) is 1. The quantitative estimate of drug-likeness (QED) is 0.772. The molecule has 14 heavy (non-hydrogen) atoms. The van der Waals surface area contributed by atoms with Crippen LogP contribution in [0.4, 0.5) is 8.78 Å². The summed E-state index contributed by atoms with van der Waals surface area (Å²) in [7, 11) is 0. The number of aliphatic hydroxyl groups excluding tert-OH is 1. The summed E-state index contributed by atoms with van der Waals surface area (Å²) < 4.78 is 26.3.